The zero-order chi connectivity index (χ0) is 11.4. The molecule has 0 aromatic carbocycles. The van der Waals surface area contributed by atoms with Crippen molar-refractivity contribution in [1.29, 1.82) is 0 Å². The van der Waals surface area contributed by atoms with Crippen molar-refractivity contribution in [3.05, 3.63) is 34.8 Å². The SMILES string of the molecule is CCC(NC(C)c1cncs1)c1ncc[nH]1. The molecular formula is C11H16N4S. The van der Waals surface area contributed by atoms with Gasteiger partial charge < -0.3 is 4.98 Å². The smallest absolute Gasteiger partial charge is 0.123 e. The summed E-state index contributed by atoms with van der Waals surface area (Å²) in [4.78, 5) is 12.8. The van der Waals surface area contributed by atoms with Gasteiger partial charge in [0, 0.05) is 29.5 Å². The zero-order valence-corrected chi connectivity index (χ0v) is 10.3. The number of imidazole rings is 1. The number of rotatable bonds is 5. The number of thiazole rings is 1. The van der Waals surface area contributed by atoms with Crippen molar-refractivity contribution >= 4 is 11.3 Å². The molecule has 2 aromatic heterocycles. The highest BCUT2D eigenvalue weighted by molar-refractivity contribution is 7.09. The van der Waals surface area contributed by atoms with E-state index in [1.165, 1.54) is 4.88 Å². The molecule has 2 atom stereocenters. The van der Waals surface area contributed by atoms with Gasteiger partial charge in [-0.2, -0.15) is 0 Å². The Bertz CT molecular complexity index is 396. The fourth-order valence-corrected chi connectivity index (χ4v) is 2.32. The Hall–Kier alpha value is -1.20. The average molecular weight is 236 g/mol. The van der Waals surface area contributed by atoms with E-state index in [2.05, 4.69) is 34.1 Å². The molecule has 0 aliphatic heterocycles. The van der Waals surface area contributed by atoms with Gasteiger partial charge in [0.05, 0.1) is 11.6 Å². The summed E-state index contributed by atoms with van der Waals surface area (Å²) in [6.07, 6.45) is 6.57. The molecule has 0 spiro atoms. The van der Waals surface area contributed by atoms with Crippen LogP contribution >= 0.6 is 11.3 Å². The molecule has 0 aliphatic carbocycles. The van der Waals surface area contributed by atoms with E-state index >= 15 is 0 Å². The topological polar surface area (TPSA) is 53.6 Å². The number of H-pyrrole nitrogens is 1. The van der Waals surface area contributed by atoms with Gasteiger partial charge in [0.2, 0.25) is 0 Å². The van der Waals surface area contributed by atoms with Crippen LogP contribution in [0.5, 0.6) is 0 Å². The Morgan fingerprint density at radius 1 is 1.56 bits per heavy atom. The summed E-state index contributed by atoms with van der Waals surface area (Å²) in [6, 6.07) is 0.578. The number of hydrogen-bond donors (Lipinski definition) is 2. The van der Waals surface area contributed by atoms with E-state index in [-0.39, 0.29) is 6.04 Å². The first-order valence-electron chi connectivity index (χ1n) is 5.45. The zero-order valence-electron chi connectivity index (χ0n) is 9.47. The molecule has 2 heterocycles. The van der Waals surface area contributed by atoms with Crippen molar-refractivity contribution in [2.45, 2.75) is 32.4 Å². The van der Waals surface area contributed by atoms with Crippen LogP contribution in [-0.4, -0.2) is 15.0 Å². The highest BCUT2D eigenvalue weighted by atomic mass is 32.1. The van der Waals surface area contributed by atoms with Crippen LogP contribution < -0.4 is 5.32 Å². The van der Waals surface area contributed by atoms with E-state index < -0.39 is 0 Å². The van der Waals surface area contributed by atoms with Crippen LogP contribution in [0.25, 0.3) is 0 Å². The van der Waals surface area contributed by atoms with Crippen molar-refractivity contribution in [2.24, 2.45) is 0 Å². The molecule has 0 saturated carbocycles. The monoisotopic (exact) mass is 236 g/mol. The van der Waals surface area contributed by atoms with Crippen molar-refractivity contribution in [3.63, 3.8) is 0 Å². The highest BCUT2D eigenvalue weighted by Crippen LogP contribution is 2.21. The molecule has 2 N–H and O–H groups in total. The second kappa shape index (κ2) is 5.23. The lowest BCUT2D eigenvalue weighted by Gasteiger charge is -2.19. The maximum atomic E-state index is 4.29. The van der Waals surface area contributed by atoms with Gasteiger partial charge in [-0.1, -0.05) is 6.92 Å². The highest BCUT2D eigenvalue weighted by Gasteiger charge is 2.16. The van der Waals surface area contributed by atoms with Gasteiger partial charge in [-0.15, -0.1) is 11.3 Å². The Labute approximate surface area is 99.2 Å². The molecule has 4 nitrogen and oxygen atoms in total. The molecule has 5 heteroatoms. The number of nitrogens with zero attached hydrogens (tertiary/aromatic N) is 2. The van der Waals surface area contributed by atoms with E-state index in [0.29, 0.717) is 6.04 Å². The van der Waals surface area contributed by atoms with E-state index in [0.717, 1.165) is 12.2 Å². The van der Waals surface area contributed by atoms with Crippen LogP contribution in [-0.2, 0) is 0 Å². The lowest BCUT2D eigenvalue weighted by Crippen LogP contribution is -2.24. The first kappa shape index (κ1) is 11.3. The van der Waals surface area contributed by atoms with Gasteiger partial charge in [0.25, 0.3) is 0 Å². The summed E-state index contributed by atoms with van der Waals surface area (Å²) in [6.45, 7) is 4.30. The van der Waals surface area contributed by atoms with Crippen LogP contribution in [0.4, 0.5) is 0 Å². The summed E-state index contributed by atoms with van der Waals surface area (Å²) in [5.41, 5.74) is 1.86. The summed E-state index contributed by atoms with van der Waals surface area (Å²) >= 11 is 1.68. The van der Waals surface area contributed by atoms with Crippen LogP contribution in [0.15, 0.2) is 24.1 Å². The minimum absolute atomic E-state index is 0.270. The maximum absolute atomic E-state index is 4.29. The summed E-state index contributed by atoms with van der Waals surface area (Å²) in [5, 5.41) is 3.55. The third-order valence-corrected chi connectivity index (χ3v) is 3.55. The van der Waals surface area contributed by atoms with Gasteiger partial charge in [0.1, 0.15) is 5.82 Å². The van der Waals surface area contributed by atoms with Crippen LogP contribution in [0.3, 0.4) is 0 Å². The van der Waals surface area contributed by atoms with Gasteiger partial charge in [0.15, 0.2) is 0 Å². The minimum Gasteiger partial charge on any atom is -0.347 e. The first-order valence-corrected chi connectivity index (χ1v) is 6.33. The second-order valence-corrected chi connectivity index (χ2v) is 4.65. The largest absolute Gasteiger partial charge is 0.347 e. The van der Waals surface area contributed by atoms with Crippen LogP contribution in [0.2, 0.25) is 0 Å². The van der Waals surface area contributed by atoms with Gasteiger partial charge >= 0.3 is 0 Å². The van der Waals surface area contributed by atoms with E-state index in [4.69, 9.17) is 0 Å². The van der Waals surface area contributed by atoms with Crippen molar-refractivity contribution < 1.29 is 0 Å². The molecule has 16 heavy (non-hydrogen) atoms. The third-order valence-electron chi connectivity index (χ3n) is 2.59. The summed E-state index contributed by atoms with van der Waals surface area (Å²) < 4.78 is 0. The normalized spacial score (nSPS) is 14.9. The number of aromatic amines is 1. The van der Waals surface area contributed by atoms with E-state index in [9.17, 15) is 0 Å². The van der Waals surface area contributed by atoms with Gasteiger partial charge in [-0.05, 0) is 13.3 Å². The quantitative estimate of drug-likeness (QED) is 0.839. The lowest BCUT2D eigenvalue weighted by atomic mass is 10.1. The molecule has 0 bridgehead atoms. The molecular weight excluding hydrogens is 220 g/mol. The van der Waals surface area contributed by atoms with Crippen molar-refractivity contribution in [2.75, 3.05) is 0 Å². The minimum atomic E-state index is 0.270. The molecule has 0 fully saturated rings. The fourth-order valence-electron chi connectivity index (χ4n) is 1.68. The van der Waals surface area contributed by atoms with Crippen LogP contribution in [0, 0.1) is 0 Å². The second-order valence-electron chi connectivity index (χ2n) is 3.73. The average Bonchev–Trinajstić information content (AvgIpc) is 2.96. The third kappa shape index (κ3) is 2.48. The molecule has 86 valence electrons. The molecule has 0 aliphatic rings. The lowest BCUT2D eigenvalue weighted by molar-refractivity contribution is 0.445. The van der Waals surface area contributed by atoms with Gasteiger partial charge in [-0.25, -0.2) is 4.98 Å². The van der Waals surface area contributed by atoms with Gasteiger partial charge in [-0.3, -0.25) is 10.3 Å². The maximum Gasteiger partial charge on any atom is 0.123 e. The summed E-state index contributed by atoms with van der Waals surface area (Å²) in [7, 11) is 0. The number of nitrogens with one attached hydrogen (secondary N) is 2. The molecule has 2 rings (SSSR count). The molecule has 2 aromatic rings. The molecule has 0 radical (unpaired) electrons. The summed E-state index contributed by atoms with van der Waals surface area (Å²) in [5.74, 6) is 0.999. The molecule has 0 amide bonds. The standard InChI is InChI=1S/C11H16N4S/c1-3-9(11-13-4-5-14-11)15-8(2)10-6-12-7-16-10/h4-9,15H,3H2,1-2H3,(H,13,14). The molecule has 0 saturated heterocycles. The first-order chi connectivity index (χ1) is 7.81. The van der Waals surface area contributed by atoms with E-state index in [1.54, 1.807) is 17.5 Å². The predicted octanol–water partition coefficient (Wildman–Crippen LogP) is 2.67. The Kier molecular flexibility index (Phi) is 3.69. The fraction of sp³-hybridized carbons (Fsp3) is 0.455. The van der Waals surface area contributed by atoms with E-state index in [1.807, 2.05) is 17.9 Å². The Morgan fingerprint density at radius 2 is 2.44 bits per heavy atom. The number of hydrogen-bond acceptors (Lipinski definition) is 4. The predicted molar refractivity (Wildman–Crippen MR) is 65.3 cm³/mol. The van der Waals surface area contributed by atoms with Crippen molar-refractivity contribution in [3.8, 4) is 0 Å². The van der Waals surface area contributed by atoms with Crippen molar-refractivity contribution in [1.82, 2.24) is 20.3 Å². The number of aromatic nitrogens is 3. The molecule has 2 unspecified atom stereocenters. The van der Waals surface area contributed by atoms with Crippen LogP contribution in [0.1, 0.15) is 43.1 Å². The Balaban J connectivity index is 2.02. The Morgan fingerprint density at radius 3 is 3.00 bits per heavy atom.